The van der Waals surface area contributed by atoms with Crippen LogP contribution in [0.15, 0.2) is 0 Å². The molecule has 0 aromatic carbocycles. The summed E-state index contributed by atoms with van der Waals surface area (Å²) in [4.78, 5) is 13.8. The van der Waals surface area contributed by atoms with Crippen molar-refractivity contribution in [3.63, 3.8) is 0 Å². The van der Waals surface area contributed by atoms with Gasteiger partial charge in [-0.1, -0.05) is 6.92 Å². The van der Waals surface area contributed by atoms with Crippen LogP contribution in [-0.4, -0.2) is 42.0 Å². The maximum Gasteiger partial charge on any atom is 0.221 e. The van der Waals surface area contributed by atoms with E-state index in [9.17, 15) is 4.79 Å². The molecule has 0 radical (unpaired) electrons. The maximum absolute atomic E-state index is 11.3. The minimum absolute atomic E-state index is 0.0407. The van der Waals surface area contributed by atoms with E-state index >= 15 is 0 Å². The van der Waals surface area contributed by atoms with Gasteiger partial charge in [-0.3, -0.25) is 9.69 Å². The lowest BCUT2D eigenvalue weighted by molar-refractivity contribution is -0.124. The zero-order valence-electron chi connectivity index (χ0n) is 13.2. The monoisotopic (exact) mass is 269 g/mol. The third-order valence-electron chi connectivity index (χ3n) is 3.94. The van der Waals surface area contributed by atoms with Gasteiger partial charge in [-0.2, -0.15) is 0 Å². The van der Waals surface area contributed by atoms with Gasteiger partial charge >= 0.3 is 0 Å². The summed E-state index contributed by atoms with van der Waals surface area (Å²) in [6.07, 6.45) is 2.02. The molecule has 1 rings (SSSR count). The van der Waals surface area contributed by atoms with E-state index in [2.05, 4.69) is 44.8 Å². The van der Waals surface area contributed by atoms with Gasteiger partial charge in [-0.25, -0.2) is 0 Å². The summed E-state index contributed by atoms with van der Waals surface area (Å²) in [5.74, 6) is 0.477. The molecule has 3 N–H and O–H groups in total. The van der Waals surface area contributed by atoms with E-state index in [1.54, 1.807) is 0 Å². The number of rotatable bonds is 5. The highest BCUT2D eigenvalue weighted by Crippen LogP contribution is 2.22. The van der Waals surface area contributed by atoms with Crippen LogP contribution in [0.25, 0.3) is 0 Å². The van der Waals surface area contributed by atoms with Crippen LogP contribution in [0.3, 0.4) is 0 Å². The molecule has 0 aromatic rings. The fraction of sp³-hybridized carbons (Fsp3) is 0.933. The number of nitrogens with two attached hydrogens (primary N) is 1. The van der Waals surface area contributed by atoms with Gasteiger partial charge in [0.25, 0.3) is 0 Å². The fourth-order valence-electron chi connectivity index (χ4n) is 2.61. The summed E-state index contributed by atoms with van der Waals surface area (Å²) in [5.41, 5.74) is 5.61. The molecule has 4 heteroatoms. The predicted octanol–water partition coefficient (Wildman–Crippen LogP) is 1.60. The van der Waals surface area contributed by atoms with E-state index in [0.717, 1.165) is 32.5 Å². The standard InChI is InChI=1S/C15H31N3O/c1-11(8-17-15(3,4)5)9-18-10-13(14(16)19)7-6-12(18)2/h11-13,17H,6-10H2,1-5H3,(H2,16,19). The van der Waals surface area contributed by atoms with E-state index in [1.807, 2.05) is 0 Å². The number of primary amides is 1. The number of piperidine rings is 1. The van der Waals surface area contributed by atoms with Crippen molar-refractivity contribution in [1.82, 2.24) is 10.2 Å². The Hall–Kier alpha value is -0.610. The molecular weight excluding hydrogens is 238 g/mol. The first-order valence-electron chi connectivity index (χ1n) is 7.47. The maximum atomic E-state index is 11.3. The van der Waals surface area contributed by atoms with Crippen LogP contribution >= 0.6 is 0 Å². The highest BCUT2D eigenvalue weighted by molar-refractivity contribution is 5.76. The molecule has 19 heavy (non-hydrogen) atoms. The number of carbonyl (C=O) groups excluding carboxylic acids is 1. The summed E-state index contributed by atoms with van der Waals surface area (Å²) in [7, 11) is 0. The summed E-state index contributed by atoms with van der Waals surface area (Å²) >= 11 is 0. The minimum atomic E-state index is -0.141. The lowest BCUT2D eigenvalue weighted by atomic mass is 9.92. The Labute approximate surface area is 118 Å². The SMILES string of the molecule is CC(CNC(C)(C)C)CN1CC(C(N)=O)CCC1C. The van der Waals surface area contributed by atoms with Crippen LogP contribution < -0.4 is 11.1 Å². The first-order valence-corrected chi connectivity index (χ1v) is 7.47. The van der Waals surface area contributed by atoms with Crippen molar-refractivity contribution in [3.8, 4) is 0 Å². The lowest BCUT2D eigenvalue weighted by Crippen LogP contribution is -2.49. The molecule has 1 amide bonds. The van der Waals surface area contributed by atoms with Crippen molar-refractivity contribution in [1.29, 1.82) is 0 Å². The highest BCUT2D eigenvalue weighted by Gasteiger charge is 2.29. The van der Waals surface area contributed by atoms with Gasteiger partial charge in [0.1, 0.15) is 0 Å². The summed E-state index contributed by atoms with van der Waals surface area (Å²) < 4.78 is 0. The van der Waals surface area contributed by atoms with Gasteiger partial charge in [0, 0.05) is 24.7 Å². The zero-order valence-corrected chi connectivity index (χ0v) is 13.2. The molecule has 3 unspecified atom stereocenters. The van der Waals surface area contributed by atoms with Gasteiger partial charge in [-0.05, 0) is 53.0 Å². The van der Waals surface area contributed by atoms with Crippen molar-refractivity contribution in [2.75, 3.05) is 19.6 Å². The average Bonchev–Trinajstić information content (AvgIpc) is 2.28. The fourth-order valence-corrected chi connectivity index (χ4v) is 2.61. The largest absolute Gasteiger partial charge is 0.369 e. The minimum Gasteiger partial charge on any atom is -0.369 e. The van der Waals surface area contributed by atoms with E-state index in [-0.39, 0.29) is 17.4 Å². The molecule has 0 bridgehead atoms. The first-order chi connectivity index (χ1) is 8.69. The average molecular weight is 269 g/mol. The normalized spacial score (nSPS) is 27.2. The quantitative estimate of drug-likeness (QED) is 0.797. The molecule has 112 valence electrons. The Morgan fingerprint density at radius 3 is 2.58 bits per heavy atom. The van der Waals surface area contributed by atoms with Gasteiger partial charge in [0.15, 0.2) is 0 Å². The summed E-state index contributed by atoms with van der Waals surface area (Å²) in [6, 6.07) is 0.563. The van der Waals surface area contributed by atoms with E-state index in [4.69, 9.17) is 5.73 Å². The van der Waals surface area contributed by atoms with Crippen LogP contribution in [0.1, 0.15) is 47.5 Å². The molecule has 4 nitrogen and oxygen atoms in total. The van der Waals surface area contributed by atoms with Crippen LogP contribution in [0.2, 0.25) is 0 Å². The van der Waals surface area contributed by atoms with Crippen molar-refractivity contribution < 1.29 is 4.79 Å². The molecule has 1 fully saturated rings. The Kier molecular flexibility index (Phi) is 5.81. The van der Waals surface area contributed by atoms with Gasteiger partial charge in [0.2, 0.25) is 5.91 Å². The van der Waals surface area contributed by atoms with Gasteiger partial charge in [-0.15, -0.1) is 0 Å². The summed E-state index contributed by atoms with van der Waals surface area (Å²) in [5, 5.41) is 3.54. The second-order valence-corrected chi connectivity index (χ2v) is 7.22. The van der Waals surface area contributed by atoms with Crippen LogP contribution in [0.5, 0.6) is 0 Å². The molecule has 0 spiro atoms. The van der Waals surface area contributed by atoms with Gasteiger partial charge < -0.3 is 11.1 Å². The lowest BCUT2D eigenvalue weighted by Gasteiger charge is -2.38. The second-order valence-electron chi connectivity index (χ2n) is 7.22. The van der Waals surface area contributed by atoms with Crippen molar-refractivity contribution in [2.45, 2.75) is 59.0 Å². The Morgan fingerprint density at radius 2 is 2.05 bits per heavy atom. The number of nitrogens with zero attached hydrogens (tertiary/aromatic N) is 1. The number of likely N-dealkylation sites (tertiary alicyclic amines) is 1. The molecule has 1 saturated heterocycles. The Morgan fingerprint density at radius 1 is 1.42 bits per heavy atom. The molecule has 0 saturated carbocycles. The molecule has 1 aliphatic rings. The van der Waals surface area contributed by atoms with E-state index < -0.39 is 0 Å². The molecule has 0 aromatic heterocycles. The number of amides is 1. The van der Waals surface area contributed by atoms with Gasteiger partial charge in [0.05, 0.1) is 5.92 Å². The third-order valence-corrected chi connectivity index (χ3v) is 3.94. The molecular formula is C15H31N3O. The molecule has 1 aliphatic heterocycles. The van der Waals surface area contributed by atoms with Crippen LogP contribution in [-0.2, 0) is 4.79 Å². The topological polar surface area (TPSA) is 58.4 Å². The van der Waals surface area contributed by atoms with E-state index in [0.29, 0.717) is 12.0 Å². The smallest absolute Gasteiger partial charge is 0.221 e. The van der Waals surface area contributed by atoms with Crippen molar-refractivity contribution in [2.24, 2.45) is 17.6 Å². The predicted molar refractivity (Wildman–Crippen MR) is 79.9 cm³/mol. The number of nitrogens with one attached hydrogen (secondary N) is 1. The molecule has 0 aliphatic carbocycles. The molecule has 3 atom stereocenters. The van der Waals surface area contributed by atoms with Crippen LogP contribution in [0.4, 0.5) is 0 Å². The summed E-state index contributed by atoms with van der Waals surface area (Å²) in [6.45, 7) is 13.9. The van der Waals surface area contributed by atoms with Crippen molar-refractivity contribution in [3.05, 3.63) is 0 Å². The molecule has 1 heterocycles. The highest BCUT2D eigenvalue weighted by atomic mass is 16.1. The third kappa shape index (κ3) is 5.91. The number of hydrogen-bond donors (Lipinski definition) is 2. The number of hydrogen-bond acceptors (Lipinski definition) is 3. The number of carbonyl (C=O) groups is 1. The van der Waals surface area contributed by atoms with E-state index in [1.165, 1.54) is 0 Å². The second kappa shape index (κ2) is 6.71. The van der Waals surface area contributed by atoms with Crippen molar-refractivity contribution >= 4 is 5.91 Å². The Balaban J connectivity index is 2.42. The van der Waals surface area contributed by atoms with Crippen LogP contribution in [0, 0.1) is 11.8 Å². The zero-order chi connectivity index (χ0) is 14.6. The first kappa shape index (κ1) is 16.4. The Bertz CT molecular complexity index is 298.